The first kappa shape index (κ1) is 16.0. The van der Waals surface area contributed by atoms with Crippen molar-refractivity contribution in [1.82, 2.24) is 0 Å². The highest BCUT2D eigenvalue weighted by Gasteiger charge is 2.15. The van der Waals surface area contributed by atoms with Gasteiger partial charge >= 0.3 is 0 Å². The van der Waals surface area contributed by atoms with Crippen LogP contribution in [0, 0.1) is 13.8 Å². The average molecular weight is 299 g/mol. The van der Waals surface area contributed by atoms with E-state index in [0.717, 1.165) is 16.9 Å². The fraction of sp³-hybridized carbons (Fsp3) is 0.278. The van der Waals surface area contributed by atoms with Gasteiger partial charge in [-0.2, -0.15) is 5.06 Å². The summed E-state index contributed by atoms with van der Waals surface area (Å²) in [5, 5.41) is 10.7. The Hall–Kier alpha value is -2.33. The molecule has 22 heavy (non-hydrogen) atoms. The summed E-state index contributed by atoms with van der Waals surface area (Å²) < 4.78 is 5.83. The number of rotatable bonds is 5. The van der Waals surface area contributed by atoms with Crippen molar-refractivity contribution >= 4 is 11.6 Å². The summed E-state index contributed by atoms with van der Waals surface area (Å²) in [6.45, 7) is 6.02. The first-order valence-electron chi connectivity index (χ1n) is 7.32. The molecule has 0 aliphatic rings. The first-order chi connectivity index (χ1) is 10.5. The third-order valence-corrected chi connectivity index (χ3v) is 3.47. The predicted octanol–water partition coefficient (Wildman–Crippen LogP) is 4.01. The van der Waals surface area contributed by atoms with E-state index in [-0.39, 0.29) is 18.9 Å². The van der Waals surface area contributed by atoms with E-state index in [1.165, 1.54) is 5.56 Å². The normalized spacial score (nSPS) is 10.4. The fourth-order valence-corrected chi connectivity index (χ4v) is 2.24. The molecule has 2 aromatic carbocycles. The molecule has 0 saturated carbocycles. The van der Waals surface area contributed by atoms with Crippen LogP contribution in [0.25, 0.3) is 0 Å². The summed E-state index contributed by atoms with van der Waals surface area (Å²) in [4.78, 5) is 11.7. The summed E-state index contributed by atoms with van der Waals surface area (Å²) in [7, 11) is 0. The minimum absolute atomic E-state index is 0.239. The zero-order valence-corrected chi connectivity index (χ0v) is 13.2. The van der Waals surface area contributed by atoms with Crippen molar-refractivity contribution in [1.29, 1.82) is 0 Å². The Morgan fingerprint density at radius 1 is 1.18 bits per heavy atom. The van der Waals surface area contributed by atoms with E-state index >= 15 is 0 Å². The van der Waals surface area contributed by atoms with Crippen LogP contribution in [0.5, 0.6) is 5.75 Å². The molecule has 0 aliphatic carbocycles. The van der Waals surface area contributed by atoms with Gasteiger partial charge in [0.2, 0.25) is 5.91 Å². The quantitative estimate of drug-likeness (QED) is 0.670. The SMILES string of the molecule is CCC(=O)N(O)c1ccccc1COc1ccc(C)cc1C. The van der Waals surface area contributed by atoms with E-state index in [0.29, 0.717) is 10.8 Å². The maximum atomic E-state index is 11.7. The number of nitrogens with zero attached hydrogens (tertiary/aromatic N) is 1. The van der Waals surface area contributed by atoms with Crippen molar-refractivity contribution in [2.24, 2.45) is 0 Å². The van der Waals surface area contributed by atoms with Gasteiger partial charge in [-0.3, -0.25) is 10.0 Å². The minimum Gasteiger partial charge on any atom is -0.489 e. The molecule has 0 fully saturated rings. The third-order valence-electron chi connectivity index (χ3n) is 3.47. The largest absolute Gasteiger partial charge is 0.489 e. The second-order valence-electron chi connectivity index (χ2n) is 5.25. The standard InChI is InChI=1S/C18H21NO3/c1-4-18(20)19(21)16-8-6-5-7-15(16)12-22-17-10-9-13(2)11-14(17)3/h5-11,21H,4,12H2,1-3H3. The van der Waals surface area contributed by atoms with Gasteiger partial charge in [-0.15, -0.1) is 0 Å². The molecule has 0 spiro atoms. The van der Waals surface area contributed by atoms with Crippen LogP contribution in [-0.2, 0) is 11.4 Å². The second kappa shape index (κ2) is 7.09. The molecule has 0 aliphatic heterocycles. The van der Waals surface area contributed by atoms with Gasteiger partial charge in [0.15, 0.2) is 0 Å². The lowest BCUT2D eigenvalue weighted by molar-refractivity contribution is -0.123. The molecule has 0 radical (unpaired) electrons. The Balaban J connectivity index is 2.18. The number of ether oxygens (including phenoxy) is 1. The van der Waals surface area contributed by atoms with Crippen molar-refractivity contribution < 1.29 is 14.7 Å². The van der Waals surface area contributed by atoms with Crippen molar-refractivity contribution in [2.75, 3.05) is 5.06 Å². The molecule has 0 bridgehead atoms. The van der Waals surface area contributed by atoms with Gasteiger partial charge in [-0.25, -0.2) is 0 Å². The van der Waals surface area contributed by atoms with E-state index in [2.05, 4.69) is 6.07 Å². The van der Waals surface area contributed by atoms with Crippen LogP contribution >= 0.6 is 0 Å². The number of aryl methyl sites for hydroxylation is 2. The lowest BCUT2D eigenvalue weighted by Crippen LogP contribution is -2.27. The van der Waals surface area contributed by atoms with Gasteiger partial charge < -0.3 is 4.74 Å². The van der Waals surface area contributed by atoms with Crippen molar-refractivity contribution in [3.8, 4) is 5.75 Å². The summed E-state index contributed by atoms with van der Waals surface area (Å²) in [6, 6.07) is 13.2. The molecular formula is C18H21NO3. The minimum atomic E-state index is -0.348. The highest BCUT2D eigenvalue weighted by Crippen LogP contribution is 2.24. The van der Waals surface area contributed by atoms with Gasteiger partial charge in [0, 0.05) is 12.0 Å². The van der Waals surface area contributed by atoms with Crippen LogP contribution in [-0.4, -0.2) is 11.1 Å². The van der Waals surface area contributed by atoms with Gasteiger partial charge in [0.25, 0.3) is 0 Å². The number of anilines is 1. The Kier molecular flexibility index (Phi) is 5.17. The highest BCUT2D eigenvalue weighted by molar-refractivity contribution is 5.91. The van der Waals surface area contributed by atoms with Crippen LogP contribution < -0.4 is 9.80 Å². The highest BCUT2D eigenvalue weighted by atomic mass is 16.5. The molecule has 4 heteroatoms. The van der Waals surface area contributed by atoms with Gasteiger partial charge in [-0.05, 0) is 31.5 Å². The average Bonchev–Trinajstić information content (AvgIpc) is 2.53. The smallest absolute Gasteiger partial charge is 0.250 e. The molecule has 1 amide bonds. The monoisotopic (exact) mass is 299 g/mol. The topological polar surface area (TPSA) is 49.8 Å². The van der Waals surface area contributed by atoms with E-state index in [4.69, 9.17) is 4.74 Å². The van der Waals surface area contributed by atoms with Gasteiger partial charge in [-0.1, -0.05) is 42.8 Å². The number of benzene rings is 2. The van der Waals surface area contributed by atoms with E-state index in [1.54, 1.807) is 19.1 Å². The van der Waals surface area contributed by atoms with Crippen molar-refractivity contribution in [3.63, 3.8) is 0 Å². The molecule has 2 rings (SSSR count). The van der Waals surface area contributed by atoms with Crippen LogP contribution in [0.2, 0.25) is 0 Å². The summed E-state index contributed by atoms with van der Waals surface area (Å²) in [5.74, 6) is 0.450. The third kappa shape index (κ3) is 3.65. The number of para-hydroxylation sites is 1. The van der Waals surface area contributed by atoms with Crippen LogP contribution in [0.4, 0.5) is 5.69 Å². The maximum Gasteiger partial charge on any atom is 0.250 e. The van der Waals surface area contributed by atoms with Crippen molar-refractivity contribution in [2.45, 2.75) is 33.8 Å². The summed E-state index contributed by atoms with van der Waals surface area (Å²) >= 11 is 0. The Morgan fingerprint density at radius 2 is 1.91 bits per heavy atom. The molecule has 0 atom stereocenters. The van der Waals surface area contributed by atoms with E-state index in [9.17, 15) is 10.0 Å². The molecule has 4 nitrogen and oxygen atoms in total. The lowest BCUT2D eigenvalue weighted by Gasteiger charge is -2.18. The summed E-state index contributed by atoms with van der Waals surface area (Å²) in [5.41, 5.74) is 3.45. The zero-order chi connectivity index (χ0) is 16.1. The van der Waals surface area contributed by atoms with E-state index in [1.807, 2.05) is 38.1 Å². The van der Waals surface area contributed by atoms with Gasteiger partial charge in [0.1, 0.15) is 12.4 Å². The number of hydrogen-bond donors (Lipinski definition) is 1. The molecule has 0 unspecified atom stereocenters. The number of hydroxylamine groups is 1. The summed E-state index contributed by atoms with van der Waals surface area (Å²) in [6.07, 6.45) is 0.239. The number of amides is 1. The van der Waals surface area contributed by atoms with Crippen LogP contribution in [0.3, 0.4) is 0 Å². The zero-order valence-electron chi connectivity index (χ0n) is 13.2. The Morgan fingerprint density at radius 3 is 2.59 bits per heavy atom. The molecule has 1 N–H and O–H groups in total. The number of carbonyl (C=O) groups excluding carboxylic acids is 1. The Bertz CT molecular complexity index is 667. The molecule has 0 heterocycles. The van der Waals surface area contributed by atoms with E-state index < -0.39 is 0 Å². The lowest BCUT2D eigenvalue weighted by atomic mass is 10.1. The Labute approximate surface area is 130 Å². The maximum absolute atomic E-state index is 11.7. The molecule has 116 valence electrons. The number of hydrogen-bond acceptors (Lipinski definition) is 3. The van der Waals surface area contributed by atoms with Crippen LogP contribution in [0.15, 0.2) is 42.5 Å². The molecule has 0 saturated heterocycles. The fourth-order valence-electron chi connectivity index (χ4n) is 2.24. The second-order valence-corrected chi connectivity index (χ2v) is 5.25. The molecular weight excluding hydrogens is 278 g/mol. The number of carbonyl (C=O) groups is 1. The van der Waals surface area contributed by atoms with Gasteiger partial charge in [0.05, 0.1) is 5.69 Å². The van der Waals surface area contributed by atoms with Crippen LogP contribution in [0.1, 0.15) is 30.0 Å². The predicted molar refractivity (Wildman–Crippen MR) is 86.3 cm³/mol. The molecule has 0 aromatic heterocycles. The first-order valence-corrected chi connectivity index (χ1v) is 7.32. The van der Waals surface area contributed by atoms with Crippen molar-refractivity contribution in [3.05, 3.63) is 59.2 Å². The molecule has 2 aromatic rings.